The standard InChI is InChI=1S/C7H12Br4O/c1-6(2,4-12)5(8)3-7(9,10)11/h5,12H,3-4H2,1-2H3. The minimum atomic E-state index is -0.242. The van der Waals surface area contributed by atoms with Crippen LogP contribution in [0.1, 0.15) is 20.3 Å². The van der Waals surface area contributed by atoms with Gasteiger partial charge < -0.3 is 5.11 Å². The van der Waals surface area contributed by atoms with Gasteiger partial charge in [-0.05, 0) is 6.42 Å². The molecule has 1 nitrogen and oxygen atoms in total. The Morgan fingerprint density at radius 2 is 1.67 bits per heavy atom. The molecule has 0 heterocycles. The third kappa shape index (κ3) is 5.58. The maximum Gasteiger partial charge on any atom is 0.136 e. The fourth-order valence-electron chi connectivity index (χ4n) is 0.579. The number of halogens is 4. The normalized spacial score (nSPS) is 16.2. The first-order valence-electron chi connectivity index (χ1n) is 3.51. The van der Waals surface area contributed by atoms with Crippen LogP contribution < -0.4 is 0 Å². The number of alkyl halides is 4. The minimum absolute atomic E-state index is 0.111. The van der Waals surface area contributed by atoms with E-state index in [4.69, 9.17) is 5.11 Å². The zero-order chi connectivity index (χ0) is 9.99. The summed E-state index contributed by atoms with van der Waals surface area (Å²) in [6.07, 6.45) is 0.834. The van der Waals surface area contributed by atoms with Crippen LogP contribution in [0.3, 0.4) is 0 Å². The van der Waals surface area contributed by atoms with Crippen LogP contribution in [0, 0.1) is 5.41 Å². The highest BCUT2D eigenvalue weighted by atomic mass is 80.0. The summed E-state index contributed by atoms with van der Waals surface area (Å²) in [6.45, 7) is 4.21. The molecule has 0 spiro atoms. The largest absolute Gasteiger partial charge is 0.396 e. The molecule has 0 aliphatic carbocycles. The monoisotopic (exact) mass is 428 g/mol. The van der Waals surface area contributed by atoms with E-state index in [9.17, 15) is 0 Å². The van der Waals surface area contributed by atoms with Gasteiger partial charge in [-0.1, -0.05) is 77.6 Å². The molecule has 0 saturated heterocycles. The molecule has 0 bridgehead atoms. The smallest absolute Gasteiger partial charge is 0.136 e. The van der Waals surface area contributed by atoms with Gasteiger partial charge >= 0.3 is 0 Å². The Hall–Kier alpha value is 1.88. The fourth-order valence-corrected chi connectivity index (χ4v) is 3.48. The first-order chi connectivity index (χ1) is 5.19. The van der Waals surface area contributed by atoms with Crippen molar-refractivity contribution in [3.63, 3.8) is 0 Å². The van der Waals surface area contributed by atoms with E-state index in [0.29, 0.717) is 0 Å². The van der Waals surface area contributed by atoms with Crippen LogP contribution in [0.5, 0.6) is 0 Å². The van der Waals surface area contributed by atoms with E-state index in [1.54, 1.807) is 0 Å². The Morgan fingerprint density at radius 1 is 1.25 bits per heavy atom. The van der Waals surface area contributed by atoms with Gasteiger partial charge in [0.15, 0.2) is 0 Å². The predicted molar refractivity (Wildman–Crippen MR) is 67.7 cm³/mol. The van der Waals surface area contributed by atoms with Crippen molar-refractivity contribution >= 4 is 63.7 Å². The molecule has 74 valence electrons. The lowest BCUT2D eigenvalue weighted by atomic mass is 9.89. The maximum atomic E-state index is 9.09. The summed E-state index contributed by atoms with van der Waals surface area (Å²) < 4.78 is -0.242. The van der Waals surface area contributed by atoms with Gasteiger partial charge in [0.25, 0.3) is 0 Å². The highest BCUT2D eigenvalue weighted by Crippen LogP contribution is 2.43. The quantitative estimate of drug-likeness (QED) is 0.670. The Morgan fingerprint density at radius 3 is 1.92 bits per heavy atom. The molecule has 12 heavy (non-hydrogen) atoms. The van der Waals surface area contributed by atoms with Crippen molar-refractivity contribution < 1.29 is 5.11 Å². The van der Waals surface area contributed by atoms with Crippen molar-refractivity contribution in [1.82, 2.24) is 0 Å². The van der Waals surface area contributed by atoms with Crippen LogP contribution in [-0.2, 0) is 0 Å². The molecule has 0 radical (unpaired) electrons. The number of aliphatic hydroxyl groups excluding tert-OH is 1. The van der Waals surface area contributed by atoms with E-state index >= 15 is 0 Å². The average molecular weight is 432 g/mol. The van der Waals surface area contributed by atoms with E-state index in [2.05, 4.69) is 63.7 Å². The molecule has 0 aliphatic rings. The molecule has 1 atom stereocenters. The van der Waals surface area contributed by atoms with Gasteiger partial charge in [-0.25, -0.2) is 0 Å². The van der Waals surface area contributed by atoms with Gasteiger partial charge in [-0.2, -0.15) is 0 Å². The van der Waals surface area contributed by atoms with Gasteiger partial charge in [0.05, 0.1) is 0 Å². The topological polar surface area (TPSA) is 20.2 Å². The summed E-state index contributed by atoms with van der Waals surface area (Å²) in [4.78, 5) is 0.244. The van der Waals surface area contributed by atoms with E-state index in [1.807, 2.05) is 13.8 Å². The first-order valence-corrected chi connectivity index (χ1v) is 6.80. The van der Waals surface area contributed by atoms with Crippen LogP contribution in [-0.4, -0.2) is 18.7 Å². The molecular formula is C7H12Br4O. The van der Waals surface area contributed by atoms with Crippen LogP contribution in [0.4, 0.5) is 0 Å². The Kier molecular flexibility index (Phi) is 5.90. The predicted octanol–water partition coefficient (Wildman–Crippen LogP) is 4.00. The van der Waals surface area contributed by atoms with Crippen molar-refractivity contribution in [2.75, 3.05) is 6.61 Å². The highest BCUT2D eigenvalue weighted by Gasteiger charge is 2.32. The van der Waals surface area contributed by atoms with Crippen LogP contribution in [0.2, 0.25) is 0 Å². The maximum absolute atomic E-state index is 9.09. The minimum Gasteiger partial charge on any atom is -0.396 e. The van der Waals surface area contributed by atoms with Crippen LogP contribution in [0.25, 0.3) is 0 Å². The zero-order valence-corrected chi connectivity index (χ0v) is 13.3. The van der Waals surface area contributed by atoms with Crippen molar-refractivity contribution in [2.24, 2.45) is 5.41 Å². The third-order valence-corrected chi connectivity index (χ3v) is 4.20. The second-order valence-corrected chi connectivity index (χ2v) is 11.8. The fraction of sp³-hybridized carbons (Fsp3) is 1.00. The molecule has 0 amide bonds. The summed E-state index contributed by atoms with van der Waals surface area (Å²) in [7, 11) is 0. The van der Waals surface area contributed by atoms with Crippen LogP contribution in [0.15, 0.2) is 0 Å². The molecule has 0 aliphatic heterocycles. The third-order valence-electron chi connectivity index (χ3n) is 1.67. The average Bonchev–Trinajstić information content (AvgIpc) is 1.84. The van der Waals surface area contributed by atoms with Crippen molar-refractivity contribution in [2.45, 2.75) is 27.2 Å². The Bertz CT molecular complexity index is 141. The van der Waals surface area contributed by atoms with Gasteiger partial charge in [0, 0.05) is 16.8 Å². The molecule has 1 unspecified atom stereocenters. The number of hydrogen-bond acceptors (Lipinski definition) is 1. The number of aliphatic hydroxyl groups is 1. The van der Waals surface area contributed by atoms with Gasteiger partial charge in [0.1, 0.15) is 2.14 Å². The second kappa shape index (κ2) is 5.10. The summed E-state index contributed by atoms with van der Waals surface area (Å²) >= 11 is 13.8. The lowest BCUT2D eigenvalue weighted by Crippen LogP contribution is -2.31. The first kappa shape index (κ1) is 13.9. The second-order valence-electron chi connectivity index (χ2n) is 3.43. The molecule has 0 saturated carbocycles. The van der Waals surface area contributed by atoms with E-state index in [0.717, 1.165) is 6.42 Å². The number of rotatable bonds is 3. The lowest BCUT2D eigenvalue weighted by Gasteiger charge is -2.30. The summed E-state index contributed by atoms with van der Waals surface area (Å²) in [5, 5.41) is 9.09. The summed E-state index contributed by atoms with van der Waals surface area (Å²) in [5.74, 6) is 0. The van der Waals surface area contributed by atoms with Crippen molar-refractivity contribution in [1.29, 1.82) is 0 Å². The van der Waals surface area contributed by atoms with Gasteiger partial charge in [0.2, 0.25) is 0 Å². The van der Waals surface area contributed by atoms with Crippen LogP contribution >= 0.6 is 63.7 Å². The molecule has 0 aromatic heterocycles. The molecule has 0 rings (SSSR count). The summed E-state index contributed by atoms with van der Waals surface area (Å²) in [5.41, 5.74) is -0.111. The van der Waals surface area contributed by atoms with E-state index in [-0.39, 0.29) is 19.0 Å². The SMILES string of the molecule is CC(C)(CO)C(Br)CC(Br)(Br)Br. The molecule has 1 N–H and O–H groups in total. The molecule has 5 heteroatoms. The number of hydrogen-bond donors (Lipinski definition) is 1. The van der Waals surface area contributed by atoms with Gasteiger partial charge in [-0.3, -0.25) is 0 Å². The Balaban J connectivity index is 4.13. The van der Waals surface area contributed by atoms with E-state index in [1.165, 1.54) is 0 Å². The lowest BCUT2D eigenvalue weighted by molar-refractivity contribution is 0.156. The Labute approximate surface area is 107 Å². The molecular weight excluding hydrogens is 420 g/mol. The zero-order valence-electron chi connectivity index (χ0n) is 6.95. The molecule has 0 aromatic carbocycles. The van der Waals surface area contributed by atoms with Crippen molar-refractivity contribution in [3.8, 4) is 0 Å². The highest BCUT2D eigenvalue weighted by molar-refractivity contribution is 9.39. The molecule has 0 fully saturated rings. The van der Waals surface area contributed by atoms with Gasteiger partial charge in [-0.15, -0.1) is 0 Å². The summed E-state index contributed by atoms with van der Waals surface area (Å²) in [6, 6.07) is 0. The van der Waals surface area contributed by atoms with E-state index < -0.39 is 0 Å². The van der Waals surface area contributed by atoms with Crippen molar-refractivity contribution in [3.05, 3.63) is 0 Å². The molecule has 0 aromatic rings.